The molecular weight excluding hydrogens is 417 g/mol. The van der Waals surface area contributed by atoms with Crippen LogP contribution in [0.15, 0.2) is 24.3 Å². The van der Waals surface area contributed by atoms with Gasteiger partial charge in [0.2, 0.25) is 10.5 Å². The van der Waals surface area contributed by atoms with Crippen molar-refractivity contribution in [3.63, 3.8) is 0 Å². The molecule has 0 N–H and O–H groups in total. The van der Waals surface area contributed by atoms with Gasteiger partial charge < -0.3 is 24.0 Å². The van der Waals surface area contributed by atoms with E-state index >= 15 is 0 Å². The fourth-order valence-electron chi connectivity index (χ4n) is 2.25. The van der Waals surface area contributed by atoms with Crippen LogP contribution in [-0.2, 0) is 6.54 Å². The molecule has 0 spiro atoms. The molecule has 0 saturated heterocycles. The molecule has 5 heteroatoms. The lowest BCUT2D eigenvalue weighted by Gasteiger charge is -2.12. The number of hydrogen-bond donors (Lipinski definition) is 0. The molecule has 1 aromatic carbocycles. The fourth-order valence-corrected chi connectivity index (χ4v) is 5.79. The normalized spacial score (nSPS) is 11.0. The zero-order valence-electron chi connectivity index (χ0n) is 12.3. The fraction of sp³-hybridized carbons (Fsp3) is 0.533. The number of rotatable bonds is 7. The Morgan fingerprint density at radius 3 is 2.45 bits per heavy atom. The van der Waals surface area contributed by atoms with Crippen molar-refractivity contribution >= 4 is 45.1 Å². The number of aromatic nitrogens is 1. The van der Waals surface area contributed by atoms with E-state index in [2.05, 4.69) is 73.1 Å². The largest absolute Gasteiger partial charge is 1.00 e. The van der Waals surface area contributed by atoms with Gasteiger partial charge in [0.15, 0.2) is 6.54 Å². The highest BCUT2D eigenvalue weighted by Gasteiger charge is 2.18. The second-order valence-corrected chi connectivity index (χ2v) is 8.86. The number of halogens is 1. The summed E-state index contributed by atoms with van der Waals surface area (Å²) in [7, 11) is 0. The quantitative estimate of drug-likeness (QED) is 0.368. The molecule has 0 amide bonds. The zero-order chi connectivity index (χ0) is 13.7. The smallest absolute Gasteiger partial charge is 0.235 e. The van der Waals surface area contributed by atoms with Gasteiger partial charge in [-0.1, -0.05) is 37.3 Å². The minimum absolute atomic E-state index is 0. The van der Waals surface area contributed by atoms with E-state index in [4.69, 9.17) is 0 Å². The van der Waals surface area contributed by atoms with Crippen molar-refractivity contribution in [2.45, 2.75) is 38.3 Å². The number of hydrogen-bond acceptors (Lipinski definition) is 3. The van der Waals surface area contributed by atoms with Crippen molar-refractivity contribution in [3.8, 4) is 0 Å². The Balaban J connectivity index is 0.00000200. The van der Waals surface area contributed by atoms with Crippen molar-refractivity contribution in [3.05, 3.63) is 29.3 Å². The SMILES string of the molecule is CCSC(CC[n+]1c(C)sc2ccccc21)SCC.[I-]. The van der Waals surface area contributed by atoms with Gasteiger partial charge >= 0.3 is 0 Å². The molecule has 20 heavy (non-hydrogen) atoms. The summed E-state index contributed by atoms with van der Waals surface area (Å²) in [4.78, 5) is 0. The molecule has 0 radical (unpaired) electrons. The number of fused-ring (bicyclic) bond motifs is 1. The maximum absolute atomic E-state index is 2.49. The summed E-state index contributed by atoms with van der Waals surface area (Å²) in [5.74, 6) is 2.43. The van der Waals surface area contributed by atoms with Gasteiger partial charge in [-0.15, -0.1) is 23.5 Å². The first-order valence-corrected chi connectivity index (χ1v) is 9.78. The van der Waals surface area contributed by atoms with Gasteiger partial charge in [0.1, 0.15) is 4.70 Å². The van der Waals surface area contributed by atoms with Crippen molar-refractivity contribution in [2.24, 2.45) is 0 Å². The van der Waals surface area contributed by atoms with Gasteiger partial charge in [0, 0.05) is 19.4 Å². The van der Waals surface area contributed by atoms with E-state index in [0.29, 0.717) is 0 Å². The summed E-state index contributed by atoms with van der Waals surface area (Å²) in [6, 6.07) is 8.74. The summed E-state index contributed by atoms with van der Waals surface area (Å²) in [5, 5.41) is 1.42. The van der Waals surface area contributed by atoms with Gasteiger partial charge in [-0.3, -0.25) is 0 Å². The maximum atomic E-state index is 2.49. The number of nitrogens with zero attached hydrogens (tertiary/aromatic N) is 1. The topological polar surface area (TPSA) is 3.88 Å². The van der Waals surface area contributed by atoms with Gasteiger partial charge in [-0.05, 0) is 17.6 Å². The molecule has 0 bridgehead atoms. The van der Waals surface area contributed by atoms with Crippen LogP contribution >= 0.6 is 34.9 Å². The Bertz CT molecular complexity index is 521. The van der Waals surface area contributed by atoms with Crippen LogP contribution in [0.4, 0.5) is 0 Å². The molecule has 1 heterocycles. The summed E-state index contributed by atoms with van der Waals surface area (Å²) in [6.07, 6.45) is 1.25. The van der Waals surface area contributed by atoms with Crippen molar-refractivity contribution in [1.29, 1.82) is 0 Å². The Morgan fingerprint density at radius 1 is 1.15 bits per heavy atom. The van der Waals surface area contributed by atoms with Crippen molar-refractivity contribution < 1.29 is 28.5 Å². The van der Waals surface area contributed by atoms with Crippen LogP contribution < -0.4 is 28.5 Å². The third-order valence-corrected chi connectivity index (χ3v) is 6.87. The van der Waals surface area contributed by atoms with E-state index < -0.39 is 0 Å². The average Bonchev–Trinajstić information content (AvgIpc) is 2.72. The molecule has 0 aliphatic carbocycles. The van der Waals surface area contributed by atoms with E-state index in [-0.39, 0.29) is 24.0 Å². The number of thioether (sulfide) groups is 2. The van der Waals surface area contributed by atoms with Crippen LogP contribution in [0.5, 0.6) is 0 Å². The summed E-state index contributed by atoms with van der Waals surface area (Å²) >= 11 is 6.08. The van der Waals surface area contributed by atoms with E-state index in [0.717, 1.165) is 11.1 Å². The number of aryl methyl sites for hydroxylation is 2. The summed E-state index contributed by atoms with van der Waals surface area (Å²) in [5.41, 5.74) is 1.40. The lowest BCUT2D eigenvalue weighted by atomic mass is 10.3. The molecule has 1 aromatic heterocycles. The average molecular weight is 439 g/mol. The molecule has 0 aliphatic rings. The Hall–Kier alpha value is 0.540. The van der Waals surface area contributed by atoms with Crippen LogP contribution in [0.25, 0.3) is 10.2 Å². The molecular formula is C15H22INS3. The molecule has 0 aliphatic heterocycles. The van der Waals surface area contributed by atoms with Gasteiger partial charge in [0.05, 0.1) is 4.58 Å². The van der Waals surface area contributed by atoms with Crippen LogP contribution in [0.3, 0.4) is 0 Å². The number of benzene rings is 1. The van der Waals surface area contributed by atoms with Crippen molar-refractivity contribution in [2.75, 3.05) is 11.5 Å². The van der Waals surface area contributed by atoms with Crippen LogP contribution in [0, 0.1) is 6.92 Å². The lowest BCUT2D eigenvalue weighted by Crippen LogP contribution is -3.00. The van der Waals surface area contributed by atoms with Crippen LogP contribution in [0.1, 0.15) is 25.3 Å². The third kappa shape index (κ3) is 4.78. The molecule has 0 fully saturated rings. The first-order chi connectivity index (χ1) is 9.26. The van der Waals surface area contributed by atoms with E-state index in [9.17, 15) is 0 Å². The lowest BCUT2D eigenvalue weighted by molar-refractivity contribution is -0.672. The van der Waals surface area contributed by atoms with E-state index in [1.54, 1.807) is 0 Å². The predicted octanol–water partition coefficient (Wildman–Crippen LogP) is 1.72. The van der Waals surface area contributed by atoms with Gasteiger partial charge in [-0.2, -0.15) is 4.57 Å². The van der Waals surface area contributed by atoms with Crippen LogP contribution in [-0.4, -0.2) is 16.1 Å². The first-order valence-electron chi connectivity index (χ1n) is 6.87. The standard InChI is InChI=1S/C15H22NS3.HI/c1-4-17-15(18-5-2)10-11-16-12(3)19-14-9-7-6-8-13(14)16;/h6-9,15H,4-5,10-11H2,1-3H3;1H/q+1;/p-1. The highest BCUT2D eigenvalue weighted by molar-refractivity contribution is 8.16. The second kappa shape index (κ2) is 9.54. The molecule has 1 nitrogen and oxygen atoms in total. The summed E-state index contributed by atoms with van der Waals surface area (Å²) in [6.45, 7) is 7.89. The zero-order valence-corrected chi connectivity index (χ0v) is 16.9. The highest BCUT2D eigenvalue weighted by atomic mass is 127. The number of para-hydroxylation sites is 1. The molecule has 2 aromatic rings. The Kier molecular flexibility index (Phi) is 8.86. The highest BCUT2D eigenvalue weighted by Crippen LogP contribution is 2.27. The van der Waals surface area contributed by atoms with Gasteiger partial charge in [-0.25, -0.2) is 0 Å². The first kappa shape index (κ1) is 18.6. The minimum Gasteiger partial charge on any atom is -1.00 e. The molecule has 0 saturated carbocycles. The molecule has 0 atom stereocenters. The van der Waals surface area contributed by atoms with Gasteiger partial charge in [0.25, 0.3) is 0 Å². The molecule has 0 unspecified atom stereocenters. The van der Waals surface area contributed by atoms with E-state index in [1.807, 2.05) is 11.3 Å². The minimum atomic E-state index is 0. The Morgan fingerprint density at radius 2 is 1.80 bits per heavy atom. The van der Waals surface area contributed by atoms with E-state index in [1.165, 1.54) is 33.2 Å². The predicted molar refractivity (Wildman–Crippen MR) is 91.4 cm³/mol. The molecule has 2 rings (SSSR count). The second-order valence-electron chi connectivity index (χ2n) is 4.37. The monoisotopic (exact) mass is 439 g/mol. The van der Waals surface area contributed by atoms with Crippen molar-refractivity contribution in [1.82, 2.24) is 0 Å². The maximum Gasteiger partial charge on any atom is 0.235 e. The summed E-state index contributed by atoms with van der Waals surface area (Å²) < 4.78 is 4.63. The van der Waals surface area contributed by atoms with Crippen LogP contribution in [0.2, 0.25) is 0 Å². The number of thiazole rings is 1. The molecule has 112 valence electrons. The third-order valence-electron chi connectivity index (χ3n) is 3.09. The Labute approximate surface area is 151 Å².